The number of rotatable bonds is 3. The van der Waals surface area contributed by atoms with Crippen LogP contribution < -0.4 is 9.64 Å². The number of aliphatic imine (C=N–C) groups is 1. The van der Waals surface area contributed by atoms with Crippen LogP contribution in [0.2, 0.25) is 0 Å². The molecule has 9 heterocycles. The van der Waals surface area contributed by atoms with Gasteiger partial charge in [-0.1, -0.05) is 23.3 Å². The summed E-state index contributed by atoms with van der Waals surface area (Å²) in [5, 5.41) is 0. The van der Waals surface area contributed by atoms with Crippen molar-refractivity contribution in [3.8, 4) is 5.75 Å². The summed E-state index contributed by atoms with van der Waals surface area (Å²) in [6.07, 6.45) is 12.5. The minimum Gasteiger partial charge on any atom is -0.496 e. The maximum absolute atomic E-state index is 14.9. The molecule has 7 saturated heterocycles. The molecule has 5 unspecified atom stereocenters. The van der Waals surface area contributed by atoms with Gasteiger partial charge in [-0.05, 0) is 87.1 Å². The molecule has 2 spiro atoms. The van der Waals surface area contributed by atoms with Crippen molar-refractivity contribution in [3.63, 3.8) is 0 Å². The maximum Gasteiger partial charge on any atom is 0.310 e. The lowest BCUT2D eigenvalue weighted by Crippen LogP contribution is -2.68. The predicted molar refractivity (Wildman–Crippen MR) is 188 cm³/mol. The van der Waals surface area contributed by atoms with Gasteiger partial charge in [-0.3, -0.25) is 29.2 Å². The Hall–Kier alpha value is -3.82. The Kier molecular flexibility index (Phi) is 5.58. The number of carbonyl (C=O) groups excluding carboxylic acids is 3. The zero-order chi connectivity index (χ0) is 34.2. The van der Waals surface area contributed by atoms with Gasteiger partial charge < -0.3 is 14.4 Å². The van der Waals surface area contributed by atoms with Crippen molar-refractivity contribution in [2.75, 3.05) is 45.8 Å². The van der Waals surface area contributed by atoms with E-state index in [0.29, 0.717) is 29.1 Å². The standard InChI is InChI=1S/C41H44N4O5/c1-6-20-18-44-11-10-40-26-15-32(46)24(13-28(26)42-41(40,44)9-8-22(20)35(40)38(48)50-5)25-12-27-29(16-33(25)49-4)43(3)36-30-14-23-21(7-2)19-45(30)31-17-39(27,36)37(47)34(23)31/h6-7,12-13,15-16,22-23,30-31,34-36H,8-11,14,17-19H2,1-5H3/b20-6-,21-7-/t22-,23-,30-,31-,34?,35?,36-,39+,40-,41?/m0/s1. The van der Waals surface area contributed by atoms with Crippen LogP contribution in [-0.4, -0.2) is 97.7 Å². The van der Waals surface area contributed by atoms with Gasteiger partial charge in [0.15, 0.2) is 11.6 Å². The molecule has 1 aromatic rings. The van der Waals surface area contributed by atoms with Crippen LogP contribution >= 0.6 is 0 Å². The van der Waals surface area contributed by atoms with Crippen LogP contribution in [-0.2, 0) is 24.5 Å². The summed E-state index contributed by atoms with van der Waals surface area (Å²) in [6.45, 7) is 6.77. The van der Waals surface area contributed by atoms with Crippen LogP contribution in [0.1, 0.15) is 57.1 Å². The van der Waals surface area contributed by atoms with Crippen LogP contribution in [0, 0.1) is 29.1 Å². The lowest BCUT2D eigenvalue weighted by atomic mass is 9.53. The van der Waals surface area contributed by atoms with E-state index in [0.717, 1.165) is 79.8 Å². The number of methoxy groups -OCH3 is 2. The summed E-state index contributed by atoms with van der Waals surface area (Å²) in [4.78, 5) is 56.3. The number of hydrogen-bond donors (Lipinski definition) is 0. The third-order valence-corrected chi connectivity index (χ3v) is 15.7. The lowest BCUT2D eigenvalue weighted by Gasteiger charge is -2.58. The molecule has 13 rings (SSSR count). The number of hydrogen-bond acceptors (Lipinski definition) is 9. The molecule has 3 aliphatic carbocycles. The Morgan fingerprint density at radius 1 is 1.02 bits per heavy atom. The number of anilines is 1. The van der Waals surface area contributed by atoms with E-state index in [2.05, 4.69) is 59.9 Å². The summed E-state index contributed by atoms with van der Waals surface area (Å²) < 4.78 is 11.6. The highest BCUT2D eigenvalue weighted by Gasteiger charge is 2.76. The highest BCUT2D eigenvalue weighted by Crippen LogP contribution is 2.70. The molecule has 9 bridgehead atoms. The van der Waals surface area contributed by atoms with E-state index in [1.807, 2.05) is 6.08 Å². The summed E-state index contributed by atoms with van der Waals surface area (Å²) >= 11 is 0. The van der Waals surface area contributed by atoms with Crippen LogP contribution in [0.15, 0.2) is 58.1 Å². The number of Topliss-reactive ketones (excluding diaryl/α,β-unsaturated/α-hetero) is 1. The Morgan fingerprint density at radius 3 is 2.58 bits per heavy atom. The number of likely N-dealkylation sites (N-methyl/N-ethyl adjacent to an activating group) is 1. The van der Waals surface area contributed by atoms with Gasteiger partial charge in [-0.25, -0.2) is 0 Å². The van der Waals surface area contributed by atoms with Gasteiger partial charge in [-0.2, -0.15) is 0 Å². The first kappa shape index (κ1) is 29.9. The second-order valence-electron chi connectivity index (χ2n) is 16.7. The van der Waals surface area contributed by atoms with Crippen LogP contribution in [0.5, 0.6) is 5.75 Å². The Bertz CT molecular complexity index is 2040. The number of benzene rings is 1. The van der Waals surface area contributed by atoms with Crippen molar-refractivity contribution in [1.29, 1.82) is 0 Å². The molecule has 50 heavy (non-hydrogen) atoms. The molecule has 258 valence electrons. The van der Waals surface area contributed by atoms with Crippen molar-refractivity contribution in [3.05, 3.63) is 64.3 Å². The minimum atomic E-state index is -0.606. The fourth-order valence-electron chi connectivity index (χ4n) is 14.0. The molecule has 9 aliphatic heterocycles. The molecule has 0 aromatic heterocycles. The van der Waals surface area contributed by atoms with E-state index >= 15 is 0 Å². The zero-order valence-electron chi connectivity index (χ0n) is 29.5. The molecule has 9 nitrogen and oxygen atoms in total. The number of ether oxygens (including phenoxy) is 2. The fourth-order valence-corrected chi connectivity index (χ4v) is 14.0. The summed E-state index contributed by atoms with van der Waals surface area (Å²) in [6, 6.07) is 4.88. The molecule has 12 aliphatic rings. The van der Waals surface area contributed by atoms with Crippen molar-refractivity contribution in [2.24, 2.45) is 34.1 Å². The average molecular weight is 673 g/mol. The molecule has 2 saturated carbocycles. The van der Waals surface area contributed by atoms with E-state index in [9.17, 15) is 14.4 Å². The third kappa shape index (κ3) is 2.95. The second kappa shape index (κ2) is 9.34. The Morgan fingerprint density at radius 2 is 1.82 bits per heavy atom. The molecule has 0 radical (unpaired) electrons. The van der Waals surface area contributed by atoms with E-state index in [-0.39, 0.29) is 35.7 Å². The van der Waals surface area contributed by atoms with Gasteiger partial charge in [0, 0.05) is 67.6 Å². The van der Waals surface area contributed by atoms with Crippen LogP contribution in [0.25, 0.3) is 5.57 Å². The predicted octanol–water partition coefficient (Wildman–Crippen LogP) is 4.27. The van der Waals surface area contributed by atoms with E-state index in [4.69, 9.17) is 14.5 Å². The van der Waals surface area contributed by atoms with Crippen LogP contribution in [0.3, 0.4) is 0 Å². The number of ketones is 2. The Labute approximate surface area is 292 Å². The van der Waals surface area contributed by atoms with Gasteiger partial charge >= 0.3 is 5.97 Å². The summed E-state index contributed by atoms with van der Waals surface area (Å²) in [5.41, 5.74) is 6.00. The third-order valence-electron chi connectivity index (χ3n) is 15.7. The van der Waals surface area contributed by atoms with E-state index in [1.54, 1.807) is 13.2 Å². The molecular formula is C41H44N4O5. The van der Waals surface area contributed by atoms with Gasteiger partial charge in [-0.15, -0.1) is 0 Å². The first-order valence-electron chi connectivity index (χ1n) is 18.7. The van der Waals surface area contributed by atoms with Crippen molar-refractivity contribution in [1.82, 2.24) is 9.80 Å². The Balaban J connectivity index is 1.06. The fraction of sp³-hybridized carbons (Fsp3) is 0.561. The molecule has 12 atom stereocenters. The zero-order valence-corrected chi connectivity index (χ0v) is 29.5. The van der Waals surface area contributed by atoms with Crippen molar-refractivity contribution < 1.29 is 23.9 Å². The quantitative estimate of drug-likeness (QED) is 0.267. The second-order valence-corrected chi connectivity index (χ2v) is 16.7. The highest BCUT2D eigenvalue weighted by atomic mass is 16.5. The summed E-state index contributed by atoms with van der Waals surface area (Å²) in [7, 11) is 5.30. The smallest absolute Gasteiger partial charge is 0.310 e. The minimum absolute atomic E-state index is 0.0346. The largest absolute Gasteiger partial charge is 0.496 e. The van der Waals surface area contributed by atoms with Crippen molar-refractivity contribution in [2.45, 2.75) is 75.2 Å². The topological polar surface area (TPSA) is 91.8 Å². The van der Waals surface area contributed by atoms with Crippen molar-refractivity contribution >= 4 is 34.5 Å². The number of fused-ring (bicyclic) bond motifs is 5. The van der Waals surface area contributed by atoms with Gasteiger partial charge in [0.1, 0.15) is 11.4 Å². The highest BCUT2D eigenvalue weighted by molar-refractivity contribution is 6.37. The molecule has 0 N–H and O–H groups in total. The van der Waals surface area contributed by atoms with Gasteiger partial charge in [0.2, 0.25) is 0 Å². The normalized spacial score (nSPS) is 46.5. The average Bonchev–Trinajstić information content (AvgIpc) is 3.70. The first-order valence-corrected chi connectivity index (χ1v) is 18.7. The van der Waals surface area contributed by atoms with Crippen LogP contribution in [0.4, 0.5) is 5.69 Å². The first-order chi connectivity index (χ1) is 24.2. The van der Waals surface area contributed by atoms with Gasteiger partial charge in [0.05, 0.1) is 42.7 Å². The van der Waals surface area contributed by atoms with Gasteiger partial charge in [0.25, 0.3) is 0 Å². The maximum atomic E-state index is 14.9. The lowest BCUT2D eigenvalue weighted by molar-refractivity contribution is -0.156. The molecule has 0 amide bonds. The monoisotopic (exact) mass is 672 g/mol. The molecule has 9 heteroatoms. The SMILES string of the molecule is C/C=C1/CN2[C@H]3C[C@]45C(=O)C3[C@H]1C[C@H]2[C@@H]4N(C)c1cc(OC)c(C2=CC3=NC46CC[C@H]7/C(=C\C)CN4CC[C@]6(C3=CC2=O)C7C(=O)OC)cc15. The molecular weight excluding hydrogens is 628 g/mol. The van der Waals surface area contributed by atoms with E-state index < -0.39 is 22.4 Å². The number of esters is 1. The number of carbonyl (C=O) groups is 3. The number of allylic oxidation sites excluding steroid dienone is 5. The molecule has 1 aromatic carbocycles. The number of nitrogens with zero attached hydrogens (tertiary/aromatic N) is 4. The number of piperidine rings is 4. The summed E-state index contributed by atoms with van der Waals surface area (Å²) in [5.74, 6) is 0.767. The van der Waals surface area contributed by atoms with E-state index in [1.165, 1.54) is 18.3 Å². The molecule has 9 fully saturated rings.